The maximum absolute atomic E-state index is 3.41. The van der Waals surface area contributed by atoms with Crippen LogP contribution in [-0.4, -0.2) is 9.13 Å². The summed E-state index contributed by atoms with van der Waals surface area (Å²) in [6.45, 7) is 54.4. The van der Waals surface area contributed by atoms with Crippen LogP contribution in [-0.2, 0) is 65.1 Å². The number of rotatable bonds is 3. The molecule has 3 aliphatic rings. The van der Waals surface area contributed by atoms with Gasteiger partial charge in [-0.2, -0.15) is 36.4 Å². The van der Waals surface area contributed by atoms with Gasteiger partial charge in [0, 0.05) is 74.0 Å². The Labute approximate surface area is 601 Å². The van der Waals surface area contributed by atoms with E-state index in [1.165, 1.54) is 110 Å². The van der Waals surface area contributed by atoms with Crippen LogP contribution in [0.3, 0.4) is 0 Å². The van der Waals surface area contributed by atoms with Crippen LogP contribution in [0.2, 0.25) is 0 Å². The summed E-state index contributed by atoms with van der Waals surface area (Å²) in [5.74, 6) is 0. The van der Waals surface area contributed by atoms with E-state index in [9.17, 15) is 0 Å². The van der Waals surface area contributed by atoms with E-state index < -0.39 is 0 Å². The zero-order chi connectivity index (χ0) is 70.3. The number of fused-ring (bicyclic) bond motifs is 16. The van der Waals surface area contributed by atoms with Crippen LogP contribution >= 0.6 is 0 Å². The van der Waals surface area contributed by atoms with E-state index in [1.54, 1.807) is 0 Å². The predicted molar refractivity (Wildman–Crippen MR) is 427 cm³/mol. The summed E-state index contributed by atoms with van der Waals surface area (Å²) in [7, 11) is 0. The monoisotopic (exact) mass is 1330 g/mol. The molecule has 0 bridgehead atoms. The Kier molecular flexibility index (Phi) is 50.3. The van der Waals surface area contributed by atoms with E-state index in [-0.39, 0.29) is 32.7 Å². The van der Waals surface area contributed by atoms with Gasteiger partial charge in [0.25, 0.3) is 0 Å². The molecule has 503 valence electrons. The van der Waals surface area contributed by atoms with Gasteiger partial charge in [-0.3, -0.25) is 0 Å². The molecule has 0 unspecified atom stereocenters. The predicted octanol–water partition coefficient (Wildman–Crippen LogP) is 29.3. The van der Waals surface area contributed by atoms with Crippen LogP contribution in [0.1, 0.15) is 213 Å². The van der Waals surface area contributed by atoms with E-state index in [2.05, 4.69) is 235 Å². The summed E-state index contributed by atoms with van der Waals surface area (Å²) in [6.07, 6.45) is 3.26. The van der Waals surface area contributed by atoms with Gasteiger partial charge in [-0.25, -0.2) is 11.1 Å². The zero-order valence-corrected chi connectivity index (χ0v) is 66.6. The normalized spacial score (nSPS) is 9.68. The van der Waals surface area contributed by atoms with E-state index in [1.807, 2.05) is 184 Å². The fourth-order valence-corrected chi connectivity index (χ4v) is 11.4. The van der Waals surface area contributed by atoms with Crippen LogP contribution in [0.5, 0.6) is 0 Å². The van der Waals surface area contributed by atoms with E-state index in [0.717, 1.165) is 43.5 Å². The average molecular weight is 1330 g/mol. The summed E-state index contributed by atoms with van der Waals surface area (Å²) in [4.78, 5) is 0. The minimum Gasteiger partial charge on any atom is -0.390 e. The van der Waals surface area contributed by atoms with Gasteiger partial charge < -0.3 is 9.13 Å². The number of aromatic nitrogens is 2. The second-order valence-corrected chi connectivity index (χ2v) is 18.2. The molecule has 1 radical (unpaired) electrons. The summed E-state index contributed by atoms with van der Waals surface area (Å²) in [5, 5.41) is 5.36. The van der Waals surface area contributed by atoms with Crippen LogP contribution in [0.15, 0.2) is 218 Å². The van der Waals surface area contributed by atoms with Crippen LogP contribution in [0.4, 0.5) is 0 Å². The fraction of sp³-hybridized carbons (Fsp3) is 0.341. The Morgan fingerprint density at radius 1 is 0.266 bits per heavy atom. The van der Waals surface area contributed by atoms with Crippen molar-refractivity contribution in [3.8, 4) is 44.5 Å². The second-order valence-electron chi connectivity index (χ2n) is 18.2. The minimum absolute atomic E-state index is 0. The van der Waals surface area contributed by atoms with Gasteiger partial charge in [-0.05, 0) is 111 Å². The molecule has 2 heterocycles. The van der Waals surface area contributed by atoms with Crippen molar-refractivity contribution in [3.05, 3.63) is 264 Å². The van der Waals surface area contributed by atoms with Crippen molar-refractivity contribution < 1.29 is 32.7 Å². The molecule has 0 saturated heterocycles. The summed E-state index contributed by atoms with van der Waals surface area (Å²) in [5.41, 5.74) is 24.8. The van der Waals surface area contributed by atoms with Gasteiger partial charge in [0.1, 0.15) is 0 Å². The van der Waals surface area contributed by atoms with Crippen LogP contribution in [0, 0.1) is 12.1 Å². The van der Waals surface area contributed by atoms with Crippen molar-refractivity contribution in [1.82, 2.24) is 9.13 Å². The molecule has 3 aliphatic carbocycles. The molecule has 0 amide bonds. The molecule has 3 heteroatoms. The van der Waals surface area contributed by atoms with E-state index >= 15 is 0 Å². The van der Waals surface area contributed by atoms with Crippen LogP contribution in [0.25, 0.3) is 88.1 Å². The van der Waals surface area contributed by atoms with Gasteiger partial charge in [-0.15, -0.1) is 12.1 Å². The third kappa shape index (κ3) is 22.0. The molecule has 94 heavy (non-hydrogen) atoms. The quantitative estimate of drug-likeness (QED) is 0.156. The zero-order valence-electron chi connectivity index (χ0n) is 63.8. The third-order valence-corrected chi connectivity index (χ3v) is 14.5. The van der Waals surface area contributed by atoms with Crippen LogP contribution < -0.4 is 0 Å². The van der Waals surface area contributed by atoms with Crippen molar-refractivity contribution in [2.45, 2.75) is 212 Å². The maximum atomic E-state index is 3.41. The van der Waals surface area contributed by atoms with Gasteiger partial charge >= 0.3 is 0 Å². The number of para-hydroxylation sites is 2. The Bertz CT molecular complexity index is 3680. The SMILES string of the molecule is CC.CC.CC.CC.CC.CC.CC.CC.CC.CC.CC.CC.CCn1c2ccccc2c2cc[c-]c(-c3[c-]cccc3)c21.CCn1c2ccccc2c2ccc3c(c21)Cc1ccccc1-3.[Y].c1ccc2c(c1)Cc1ccccc1-2.c1ccc2c(c1)Cc1ccccc1-2. The Hall–Kier alpha value is -7.10. The van der Waals surface area contributed by atoms with Crippen molar-refractivity contribution in [2.75, 3.05) is 0 Å². The minimum atomic E-state index is 0. The number of nitrogens with zero attached hydrogens (tertiary/aromatic N) is 2. The first-order valence-electron chi connectivity index (χ1n) is 36.5. The van der Waals surface area contributed by atoms with Crippen molar-refractivity contribution in [2.24, 2.45) is 0 Å². The van der Waals surface area contributed by atoms with E-state index in [4.69, 9.17) is 0 Å². The molecule has 0 N–H and O–H groups in total. The van der Waals surface area contributed by atoms with Gasteiger partial charge in [0.2, 0.25) is 0 Å². The summed E-state index contributed by atoms with van der Waals surface area (Å²) < 4.78 is 4.85. The number of hydrogen-bond donors (Lipinski definition) is 0. The first-order chi connectivity index (χ1) is 46.2. The molecule has 0 spiro atoms. The molecule has 12 aromatic rings. The molecule has 0 fully saturated rings. The topological polar surface area (TPSA) is 9.86 Å². The number of benzene rings is 10. The smallest absolute Gasteiger partial charge is 0.0533 e. The molecule has 2 aromatic heterocycles. The molecular weight excluding hydrogens is 1210 g/mol. The van der Waals surface area contributed by atoms with E-state index in [0.29, 0.717) is 0 Å². The summed E-state index contributed by atoms with van der Waals surface area (Å²) >= 11 is 0. The van der Waals surface area contributed by atoms with Gasteiger partial charge in [0.05, 0.1) is 5.52 Å². The molecular formula is C91H124N2Y-2. The molecule has 0 aliphatic heterocycles. The average Bonchev–Trinajstić information content (AvgIpc) is 1.58. The molecule has 0 atom stereocenters. The largest absolute Gasteiger partial charge is 0.390 e. The fourth-order valence-electron chi connectivity index (χ4n) is 11.4. The first kappa shape index (κ1) is 89.0. The third-order valence-electron chi connectivity index (χ3n) is 14.5. The Morgan fingerprint density at radius 3 is 0.936 bits per heavy atom. The molecule has 2 nitrogen and oxygen atoms in total. The Morgan fingerprint density at radius 2 is 0.574 bits per heavy atom. The Balaban J connectivity index is 0. The first-order valence-corrected chi connectivity index (χ1v) is 36.5. The van der Waals surface area contributed by atoms with Crippen molar-refractivity contribution in [1.29, 1.82) is 0 Å². The molecule has 15 rings (SSSR count). The molecule has 10 aromatic carbocycles. The van der Waals surface area contributed by atoms with Crippen molar-refractivity contribution in [3.63, 3.8) is 0 Å². The number of aryl methyl sites for hydroxylation is 2. The maximum Gasteiger partial charge on any atom is 0.0533 e. The van der Waals surface area contributed by atoms with Gasteiger partial charge in [-0.1, -0.05) is 347 Å². The number of hydrogen-bond acceptors (Lipinski definition) is 0. The standard InChI is InChI=1S/C21H17N.C20H15N.2C13H10.12C2H6.Y/c1-2-22-20-10-6-5-9-17(20)18-12-11-16-15-8-4-3-7-14(15)13-19(16)21(18)22;1-2-21-19-14-7-6-11-17(19)18-13-8-12-16(20(18)21)15-9-4-3-5-10-15;2*1-3-7-12-10(5-1)9-11-6-2-4-8-13(11)12;12*1-2;/h3-12H,2,13H2,1H3;3-9,11,13-14H,2H2,1H3;2*1-8H,9H2;12*1-2H3;/q;-2;;;;;;;;;;;;;;;. The second kappa shape index (κ2) is 53.2. The molecule has 0 saturated carbocycles. The van der Waals surface area contributed by atoms with Gasteiger partial charge in [0.15, 0.2) is 0 Å². The van der Waals surface area contributed by atoms with Crippen molar-refractivity contribution >= 4 is 43.6 Å². The summed E-state index contributed by atoms with van der Waals surface area (Å²) in [6, 6.07) is 84.5.